The summed E-state index contributed by atoms with van der Waals surface area (Å²) in [5, 5.41) is 11.7. The topological polar surface area (TPSA) is 174 Å². The van der Waals surface area contributed by atoms with Gasteiger partial charge in [-0.15, -0.1) is 0 Å². The maximum Gasteiger partial charge on any atom is 0.272 e. The maximum atomic E-state index is 13.5. The molecule has 4 bridgehead atoms. The zero-order valence-corrected chi connectivity index (χ0v) is 25.1. The van der Waals surface area contributed by atoms with Gasteiger partial charge in [0.25, 0.3) is 11.8 Å². The van der Waals surface area contributed by atoms with Crippen molar-refractivity contribution in [1.29, 1.82) is 0 Å². The summed E-state index contributed by atoms with van der Waals surface area (Å²) >= 11 is 0. The molecule has 6 N–H and O–H groups in total. The number of carbonyl (C=O) groups excluding carboxylic acids is 4. The summed E-state index contributed by atoms with van der Waals surface area (Å²) in [4.78, 5) is 69.1. The first-order chi connectivity index (χ1) is 18.6. The Morgan fingerprint density at radius 1 is 0.500 bits per heavy atom. The van der Waals surface area contributed by atoms with Gasteiger partial charge in [0.1, 0.15) is 35.1 Å². The fourth-order valence-corrected chi connectivity index (χ4v) is 4.78. The molecule has 2 aromatic heterocycles. The molecule has 4 atom stereocenters. The highest BCUT2D eigenvalue weighted by Gasteiger charge is 2.34. The van der Waals surface area contributed by atoms with Crippen LogP contribution in [0.5, 0.6) is 0 Å². The first-order valence-corrected chi connectivity index (χ1v) is 14.0. The Hall–Kier alpha value is -3.70. The van der Waals surface area contributed by atoms with Crippen molar-refractivity contribution in [2.75, 3.05) is 0 Å². The smallest absolute Gasteiger partial charge is 0.272 e. The lowest BCUT2D eigenvalue weighted by Crippen LogP contribution is -2.51. The van der Waals surface area contributed by atoms with Crippen molar-refractivity contribution in [3.63, 3.8) is 0 Å². The van der Waals surface area contributed by atoms with E-state index in [1.54, 1.807) is 13.8 Å². The van der Waals surface area contributed by atoms with Gasteiger partial charge in [-0.2, -0.15) is 0 Å². The Kier molecular flexibility index (Phi) is 9.42. The number of nitrogens with zero attached hydrogens (tertiary/aromatic N) is 2. The number of nitrogens with one attached hydrogen (secondary N) is 6. The van der Waals surface area contributed by atoms with Crippen LogP contribution in [0.25, 0.3) is 0 Å². The van der Waals surface area contributed by atoms with E-state index in [0.29, 0.717) is 23.0 Å². The lowest BCUT2D eigenvalue weighted by atomic mass is 9.99. The van der Waals surface area contributed by atoms with E-state index in [0.717, 1.165) is 0 Å². The third-order valence-corrected chi connectivity index (χ3v) is 7.23. The van der Waals surface area contributed by atoms with Crippen LogP contribution in [0.15, 0.2) is 0 Å². The minimum atomic E-state index is -0.849. The van der Waals surface area contributed by atoms with Crippen LogP contribution in [0.3, 0.4) is 0 Å². The van der Waals surface area contributed by atoms with E-state index in [-0.39, 0.29) is 46.9 Å². The summed E-state index contributed by atoms with van der Waals surface area (Å²) in [6, 6.07) is -2.81. The van der Waals surface area contributed by atoms with Crippen LogP contribution < -0.4 is 21.3 Å². The van der Waals surface area contributed by atoms with Crippen molar-refractivity contribution in [3.05, 3.63) is 34.4 Å². The lowest BCUT2D eigenvalue weighted by Gasteiger charge is -2.27. The van der Waals surface area contributed by atoms with Crippen molar-refractivity contribution in [1.82, 2.24) is 41.2 Å². The quantitative estimate of drug-likeness (QED) is 0.338. The Morgan fingerprint density at radius 3 is 1.07 bits per heavy atom. The molecule has 0 aliphatic carbocycles. The van der Waals surface area contributed by atoms with Gasteiger partial charge >= 0.3 is 0 Å². The predicted octanol–water partition coefficient (Wildman–Crippen LogP) is 2.60. The largest absolute Gasteiger partial charge is 0.344 e. The molecule has 220 valence electrons. The zero-order valence-electron chi connectivity index (χ0n) is 25.1. The van der Waals surface area contributed by atoms with Crippen molar-refractivity contribution >= 4 is 23.6 Å². The number of aromatic nitrogens is 4. The normalized spacial score (nSPS) is 23.1. The molecule has 1 aliphatic heterocycles. The minimum Gasteiger partial charge on any atom is -0.344 e. The van der Waals surface area contributed by atoms with Crippen LogP contribution in [0.4, 0.5) is 0 Å². The summed E-state index contributed by atoms with van der Waals surface area (Å²) in [5.41, 5.74) is 1.32. The van der Waals surface area contributed by atoms with Crippen molar-refractivity contribution in [2.45, 2.75) is 93.4 Å². The number of aromatic amines is 2. The highest BCUT2D eigenvalue weighted by Crippen LogP contribution is 2.24. The molecule has 12 nitrogen and oxygen atoms in total. The van der Waals surface area contributed by atoms with Crippen LogP contribution in [0.2, 0.25) is 0 Å². The van der Waals surface area contributed by atoms with E-state index >= 15 is 0 Å². The fourth-order valence-electron chi connectivity index (χ4n) is 4.78. The summed E-state index contributed by atoms with van der Waals surface area (Å²) in [6.45, 7) is 18.5. The summed E-state index contributed by atoms with van der Waals surface area (Å²) in [7, 11) is 0. The number of carbonyl (C=O) groups is 4. The molecule has 0 aromatic carbocycles. The first-order valence-electron chi connectivity index (χ1n) is 14.0. The lowest BCUT2D eigenvalue weighted by molar-refractivity contribution is -0.125. The van der Waals surface area contributed by atoms with Gasteiger partial charge in [0.15, 0.2) is 0 Å². The van der Waals surface area contributed by atoms with Crippen LogP contribution in [0, 0.1) is 37.5 Å². The second kappa shape index (κ2) is 12.2. The maximum absolute atomic E-state index is 13.5. The van der Waals surface area contributed by atoms with E-state index in [4.69, 9.17) is 0 Å². The molecular weight excluding hydrogens is 512 g/mol. The Labute approximate surface area is 235 Å². The second-order valence-electron chi connectivity index (χ2n) is 12.0. The van der Waals surface area contributed by atoms with Gasteiger partial charge in [-0.1, -0.05) is 55.4 Å². The summed E-state index contributed by atoms with van der Waals surface area (Å²) in [6.07, 6.45) is 0. The third kappa shape index (κ3) is 6.53. The first kappa shape index (κ1) is 30.8. The molecule has 1 aliphatic rings. The third-order valence-electron chi connectivity index (χ3n) is 7.23. The molecule has 40 heavy (non-hydrogen) atoms. The molecule has 2 aromatic rings. The molecule has 0 saturated heterocycles. The number of H-pyrrole nitrogens is 2. The van der Waals surface area contributed by atoms with Gasteiger partial charge in [-0.3, -0.25) is 19.2 Å². The van der Waals surface area contributed by atoms with E-state index < -0.39 is 36.0 Å². The average Bonchev–Trinajstić information content (AvgIpc) is 3.43. The van der Waals surface area contributed by atoms with Crippen molar-refractivity contribution in [2.24, 2.45) is 23.7 Å². The van der Waals surface area contributed by atoms with Gasteiger partial charge < -0.3 is 31.2 Å². The van der Waals surface area contributed by atoms with Crippen LogP contribution in [0.1, 0.15) is 111 Å². The van der Waals surface area contributed by atoms with E-state index in [1.165, 1.54) is 0 Å². The van der Waals surface area contributed by atoms with Gasteiger partial charge in [0.05, 0.1) is 12.1 Å². The van der Waals surface area contributed by atoms with Gasteiger partial charge in [0, 0.05) is 11.4 Å². The molecule has 3 rings (SSSR count). The summed E-state index contributed by atoms with van der Waals surface area (Å²) < 4.78 is 0. The molecule has 0 saturated carbocycles. The van der Waals surface area contributed by atoms with Crippen molar-refractivity contribution in [3.8, 4) is 0 Å². The highest BCUT2D eigenvalue weighted by molar-refractivity contribution is 5.98. The van der Waals surface area contributed by atoms with E-state index in [9.17, 15) is 19.2 Å². The minimum absolute atomic E-state index is 0.0854. The molecular formula is C28H44N8O4. The monoisotopic (exact) mass is 556 g/mol. The van der Waals surface area contributed by atoms with E-state index in [2.05, 4.69) is 41.2 Å². The number of hydrogen-bond donors (Lipinski definition) is 6. The van der Waals surface area contributed by atoms with Crippen LogP contribution >= 0.6 is 0 Å². The molecule has 4 unspecified atom stereocenters. The standard InChI is InChI=1S/C28H44N8O4/c1-11(2)17-23-29-15(9)21(31-23)27(39)36-20(14(7)8)26(38)34-18(12(3)4)24-30-16(10)22(32-24)28(40)35-19(13(5)6)25(37)33-17/h11-14,17-20H,1-10H3,(H,29,31)(H,30,32)(H,33,37)(H,34,38)(H,35,40)(H,36,39). The van der Waals surface area contributed by atoms with Gasteiger partial charge in [-0.25, -0.2) is 9.97 Å². The summed E-state index contributed by atoms with van der Waals surface area (Å²) in [5.74, 6) is -1.52. The van der Waals surface area contributed by atoms with Gasteiger partial charge in [-0.05, 0) is 37.5 Å². The molecule has 0 radical (unpaired) electrons. The Balaban J connectivity index is 2.14. The molecule has 0 fully saturated rings. The number of rotatable bonds is 4. The molecule has 0 spiro atoms. The van der Waals surface area contributed by atoms with Crippen LogP contribution in [-0.4, -0.2) is 55.6 Å². The number of aryl methyl sites for hydroxylation is 2. The molecule has 4 amide bonds. The number of hydrogen-bond acceptors (Lipinski definition) is 6. The Bertz CT molecular complexity index is 1160. The van der Waals surface area contributed by atoms with E-state index in [1.807, 2.05) is 55.4 Å². The fraction of sp³-hybridized carbons (Fsp3) is 0.643. The van der Waals surface area contributed by atoms with Gasteiger partial charge in [0.2, 0.25) is 11.8 Å². The number of amides is 4. The highest BCUT2D eigenvalue weighted by atomic mass is 16.2. The second-order valence-corrected chi connectivity index (χ2v) is 12.0. The molecule has 3 heterocycles. The van der Waals surface area contributed by atoms with Crippen molar-refractivity contribution < 1.29 is 19.2 Å². The SMILES string of the molecule is Cc1[nH]c2nc1C(=O)NC(C(C)C)C(=O)NC(C(C)C)c1nc(c(C)[nH]1)C(=O)NC(C(C)C)C(=O)NC2C(C)C. The number of imidazole rings is 2. The predicted molar refractivity (Wildman–Crippen MR) is 150 cm³/mol. The average molecular weight is 557 g/mol. The van der Waals surface area contributed by atoms with Crippen LogP contribution in [-0.2, 0) is 9.59 Å². The number of fused-ring (bicyclic) bond motifs is 4. The zero-order chi connectivity index (χ0) is 30.0. The molecule has 12 heteroatoms. The Morgan fingerprint density at radius 2 is 0.800 bits per heavy atom.